The van der Waals surface area contributed by atoms with Gasteiger partial charge in [0, 0.05) is 52.0 Å². The van der Waals surface area contributed by atoms with Crippen molar-refractivity contribution in [3.63, 3.8) is 0 Å². The zero-order valence-electron chi connectivity index (χ0n) is 13.6. The fraction of sp³-hybridized carbons (Fsp3) is 0.588. The molecule has 3 heterocycles. The van der Waals surface area contributed by atoms with E-state index in [1.165, 1.54) is 0 Å². The van der Waals surface area contributed by atoms with Crippen LogP contribution in [0.5, 0.6) is 0 Å². The normalized spacial score (nSPS) is 25.3. The van der Waals surface area contributed by atoms with E-state index in [1.807, 2.05) is 23.2 Å². The topological polar surface area (TPSA) is 65.5 Å². The maximum Gasteiger partial charge on any atom is 0.228 e. The van der Waals surface area contributed by atoms with Crippen molar-refractivity contribution in [3.8, 4) is 0 Å². The van der Waals surface area contributed by atoms with Crippen molar-refractivity contribution in [2.45, 2.75) is 25.8 Å². The highest BCUT2D eigenvalue weighted by Gasteiger charge is 2.35. The summed E-state index contributed by atoms with van der Waals surface area (Å²) in [6.45, 7) is 5.17. The second-order valence-electron chi connectivity index (χ2n) is 6.34. The number of hydrogen-bond donors (Lipinski definition) is 1. The minimum absolute atomic E-state index is 0.0256. The first kappa shape index (κ1) is 15.9. The molecule has 2 aliphatic heterocycles. The summed E-state index contributed by atoms with van der Waals surface area (Å²) in [6.07, 6.45) is 5.35. The molecule has 1 aromatic heterocycles. The van der Waals surface area contributed by atoms with E-state index in [1.54, 1.807) is 18.0 Å². The number of amides is 2. The third kappa shape index (κ3) is 3.52. The quantitative estimate of drug-likeness (QED) is 0.877. The zero-order valence-corrected chi connectivity index (χ0v) is 13.6. The summed E-state index contributed by atoms with van der Waals surface area (Å²) in [5.41, 5.74) is 1.06. The molecular weight excluding hydrogens is 292 g/mol. The zero-order chi connectivity index (χ0) is 16.2. The van der Waals surface area contributed by atoms with Crippen LogP contribution in [-0.4, -0.2) is 59.3 Å². The average Bonchev–Trinajstić information content (AvgIpc) is 2.62. The number of piperazine rings is 1. The maximum atomic E-state index is 13.0. The van der Waals surface area contributed by atoms with E-state index < -0.39 is 0 Å². The molecular formula is C17H24N4O2. The Labute approximate surface area is 136 Å². The van der Waals surface area contributed by atoms with Crippen molar-refractivity contribution >= 4 is 11.8 Å². The van der Waals surface area contributed by atoms with Gasteiger partial charge in [0.15, 0.2) is 0 Å². The van der Waals surface area contributed by atoms with Gasteiger partial charge in [-0.1, -0.05) is 6.07 Å². The first-order chi connectivity index (χ1) is 11.2. The molecule has 1 N–H and O–H groups in total. The lowest BCUT2D eigenvalue weighted by Gasteiger charge is -2.40. The first-order valence-corrected chi connectivity index (χ1v) is 8.33. The van der Waals surface area contributed by atoms with Gasteiger partial charge in [-0.2, -0.15) is 0 Å². The highest BCUT2D eigenvalue weighted by Crippen LogP contribution is 2.26. The number of piperidine rings is 1. The second-order valence-corrected chi connectivity index (χ2v) is 6.34. The van der Waals surface area contributed by atoms with Gasteiger partial charge in [0.05, 0.1) is 12.0 Å². The molecule has 2 unspecified atom stereocenters. The Morgan fingerprint density at radius 1 is 1.35 bits per heavy atom. The number of hydrogen-bond acceptors (Lipinski definition) is 4. The molecule has 1 aromatic rings. The van der Waals surface area contributed by atoms with Gasteiger partial charge in [0.2, 0.25) is 11.8 Å². The van der Waals surface area contributed by atoms with Crippen LogP contribution in [0.2, 0.25) is 0 Å². The van der Waals surface area contributed by atoms with Crippen LogP contribution < -0.4 is 5.32 Å². The van der Waals surface area contributed by atoms with E-state index in [9.17, 15) is 9.59 Å². The number of rotatable bonds is 2. The third-order valence-corrected chi connectivity index (χ3v) is 4.81. The highest BCUT2D eigenvalue weighted by atomic mass is 16.2. The van der Waals surface area contributed by atoms with Gasteiger partial charge in [-0.3, -0.25) is 14.6 Å². The molecule has 0 saturated carbocycles. The van der Waals surface area contributed by atoms with Crippen molar-refractivity contribution < 1.29 is 9.59 Å². The predicted molar refractivity (Wildman–Crippen MR) is 86.5 cm³/mol. The molecule has 0 bridgehead atoms. The molecule has 3 rings (SSSR count). The number of nitrogens with zero attached hydrogens (tertiary/aromatic N) is 3. The smallest absolute Gasteiger partial charge is 0.228 e. The second kappa shape index (κ2) is 7.08. The van der Waals surface area contributed by atoms with Gasteiger partial charge < -0.3 is 15.1 Å². The number of aromatic nitrogens is 1. The van der Waals surface area contributed by atoms with E-state index in [0.29, 0.717) is 13.1 Å². The van der Waals surface area contributed by atoms with Crippen molar-refractivity contribution in [2.24, 2.45) is 5.92 Å². The Morgan fingerprint density at radius 2 is 2.22 bits per heavy atom. The summed E-state index contributed by atoms with van der Waals surface area (Å²) in [7, 11) is 0. The van der Waals surface area contributed by atoms with Crippen molar-refractivity contribution in [1.82, 2.24) is 20.1 Å². The lowest BCUT2D eigenvalue weighted by Crippen LogP contribution is -2.53. The number of carbonyl (C=O) groups excluding carboxylic acids is 2. The van der Waals surface area contributed by atoms with Crippen molar-refractivity contribution in [1.29, 1.82) is 0 Å². The molecule has 0 spiro atoms. The largest absolute Gasteiger partial charge is 0.342 e. The van der Waals surface area contributed by atoms with Gasteiger partial charge >= 0.3 is 0 Å². The van der Waals surface area contributed by atoms with Crippen LogP contribution in [-0.2, 0) is 9.59 Å². The van der Waals surface area contributed by atoms with Crippen LogP contribution in [0.1, 0.15) is 31.4 Å². The Morgan fingerprint density at radius 3 is 2.96 bits per heavy atom. The first-order valence-electron chi connectivity index (χ1n) is 8.33. The predicted octanol–water partition coefficient (Wildman–Crippen LogP) is 0.813. The lowest BCUT2D eigenvalue weighted by molar-refractivity contribution is -0.143. The van der Waals surface area contributed by atoms with Crippen LogP contribution in [0.15, 0.2) is 24.5 Å². The Balaban J connectivity index is 1.75. The van der Waals surface area contributed by atoms with Crippen LogP contribution in [0.3, 0.4) is 0 Å². The van der Waals surface area contributed by atoms with E-state index in [0.717, 1.165) is 38.0 Å². The van der Waals surface area contributed by atoms with Gasteiger partial charge in [-0.05, 0) is 24.5 Å². The number of pyridine rings is 1. The van der Waals surface area contributed by atoms with E-state index in [-0.39, 0.29) is 23.8 Å². The van der Waals surface area contributed by atoms with Crippen LogP contribution in [0.25, 0.3) is 0 Å². The van der Waals surface area contributed by atoms with Gasteiger partial charge in [0.25, 0.3) is 0 Å². The maximum absolute atomic E-state index is 13.0. The van der Waals surface area contributed by atoms with Gasteiger partial charge in [0.1, 0.15) is 0 Å². The minimum atomic E-state index is -0.0788. The standard InChI is InChI=1S/C17H24N4O2/c1-13(22)20-8-3-5-15(12-20)17(23)21-9-7-19-11-16(21)14-4-2-6-18-10-14/h2,4,6,10,15-16,19H,3,5,7-9,11-12H2,1H3. The van der Waals surface area contributed by atoms with Crippen LogP contribution >= 0.6 is 0 Å². The SMILES string of the molecule is CC(=O)N1CCCC(C(=O)N2CCNCC2c2cccnc2)C1. The Kier molecular flexibility index (Phi) is 4.91. The minimum Gasteiger partial charge on any atom is -0.342 e. The third-order valence-electron chi connectivity index (χ3n) is 4.81. The van der Waals surface area contributed by atoms with E-state index >= 15 is 0 Å². The Bertz CT molecular complexity index is 563. The van der Waals surface area contributed by atoms with E-state index in [2.05, 4.69) is 10.3 Å². The van der Waals surface area contributed by atoms with Crippen molar-refractivity contribution in [2.75, 3.05) is 32.7 Å². The van der Waals surface area contributed by atoms with E-state index in [4.69, 9.17) is 0 Å². The number of carbonyl (C=O) groups is 2. The van der Waals surface area contributed by atoms with Crippen LogP contribution in [0, 0.1) is 5.92 Å². The summed E-state index contributed by atoms with van der Waals surface area (Å²) in [5, 5.41) is 3.36. The molecule has 23 heavy (non-hydrogen) atoms. The molecule has 2 fully saturated rings. The fourth-order valence-electron chi connectivity index (χ4n) is 3.54. The molecule has 6 heteroatoms. The molecule has 0 aliphatic carbocycles. The summed E-state index contributed by atoms with van der Waals surface area (Å²) in [4.78, 5) is 32.6. The summed E-state index contributed by atoms with van der Waals surface area (Å²) in [5.74, 6) is 0.155. The Hall–Kier alpha value is -1.95. The number of nitrogens with one attached hydrogen (secondary N) is 1. The molecule has 124 valence electrons. The number of likely N-dealkylation sites (tertiary alicyclic amines) is 1. The highest BCUT2D eigenvalue weighted by molar-refractivity contribution is 5.81. The molecule has 2 saturated heterocycles. The lowest BCUT2D eigenvalue weighted by atomic mass is 9.94. The summed E-state index contributed by atoms with van der Waals surface area (Å²) < 4.78 is 0. The molecule has 2 aliphatic rings. The molecule has 2 amide bonds. The average molecular weight is 316 g/mol. The molecule has 6 nitrogen and oxygen atoms in total. The summed E-state index contributed by atoms with van der Waals surface area (Å²) >= 11 is 0. The van der Waals surface area contributed by atoms with Crippen molar-refractivity contribution in [3.05, 3.63) is 30.1 Å². The molecule has 0 radical (unpaired) electrons. The fourth-order valence-corrected chi connectivity index (χ4v) is 3.54. The van der Waals surface area contributed by atoms with Gasteiger partial charge in [-0.25, -0.2) is 0 Å². The molecule has 2 atom stereocenters. The van der Waals surface area contributed by atoms with Gasteiger partial charge in [-0.15, -0.1) is 0 Å². The monoisotopic (exact) mass is 316 g/mol. The van der Waals surface area contributed by atoms with Crippen LogP contribution in [0.4, 0.5) is 0 Å². The molecule has 0 aromatic carbocycles. The summed E-state index contributed by atoms with van der Waals surface area (Å²) in [6, 6.07) is 3.95.